The van der Waals surface area contributed by atoms with Crippen LogP contribution < -0.4 is 15.0 Å². The van der Waals surface area contributed by atoms with E-state index in [2.05, 4.69) is 4.98 Å². The van der Waals surface area contributed by atoms with Gasteiger partial charge in [0.25, 0.3) is 5.56 Å². The lowest BCUT2D eigenvalue weighted by atomic mass is 10.1. The van der Waals surface area contributed by atoms with E-state index in [1.807, 2.05) is 47.8 Å². The molecule has 0 unspecified atom stereocenters. The highest BCUT2D eigenvalue weighted by Crippen LogP contribution is 2.36. The Morgan fingerprint density at radius 1 is 1.09 bits per heavy atom. The van der Waals surface area contributed by atoms with Crippen LogP contribution >= 0.6 is 11.3 Å². The van der Waals surface area contributed by atoms with E-state index in [-0.39, 0.29) is 18.0 Å². The Kier molecular flexibility index (Phi) is 6.23. The predicted molar refractivity (Wildman–Crippen MR) is 125 cm³/mol. The summed E-state index contributed by atoms with van der Waals surface area (Å²) < 4.78 is 12.1. The molecule has 8 heteroatoms. The van der Waals surface area contributed by atoms with E-state index in [0.717, 1.165) is 16.7 Å². The molecule has 0 spiro atoms. The van der Waals surface area contributed by atoms with Crippen molar-refractivity contribution in [2.24, 2.45) is 0 Å². The van der Waals surface area contributed by atoms with E-state index in [0.29, 0.717) is 28.3 Å². The molecule has 0 atom stereocenters. The quantitative estimate of drug-likeness (QED) is 0.429. The average molecular weight is 450 g/mol. The lowest BCUT2D eigenvalue weighted by Gasteiger charge is -2.18. The van der Waals surface area contributed by atoms with Crippen molar-refractivity contribution < 1.29 is 14.3 Å². The van der Waals surface area contributed by atoms with Gasteiger partial charge < -0.3 is 14.4 Å². The lowest BCUT2D eigenvalue weighted by Crippen LogP contribution is -2.33. The summed E-state index contributed by atoms with van der Waals surface area (Å²) in [4.78, 5) is 32.7. The molecule has 0 saturated carbocycles. The molecule has 0 aliphatic heterocycles. The van der Waals surface area contributed by atoms with Gasteiger partial charge in [-0.05, 0) is 23.3 Å². The normalized spacial score (nSPS) is 10.8. The number of benzene rings is 2. The van der Waals surface area contributed by atoms with Gasteiger partial charge in [0.1, 0.15) is 11.4 Å². The molecule has 0 saturated heterocycles. The summed E-state index contributed by atoms with van der Waals surface area (Å²) in [7, 11) is 4.87. The SMILES string of the molecule is COc1ccc(-c2csc3ncn(CC(=O)N(C)Cc4ccccc4)c(=O)c23)cc1OC. The molecule has 2 heterocycles. The summed E-state index contributed by atoms with van der Waals surface area (Å²) in [6.07, 6.45) is 1.44. The first-order chi connectivity index (χ1) is 15.5. The van der Waals surface area contributed by atoms with Crippen molar-refractivity contribution in [3.05, 3.63) is 76.2 Å². The molecule has 1 amide bonds. The number of carbonyl (C=O) groups excluding carboxylic acids is 1. The highest BCUT2D eigenvalue weighted by molar-refractivity contribution is 7.17. The maximum Gasteiger partial charge on any atom is 0.263 e. The largest absolute Gasteiger partial charge is 0.493 e. The molecule has 0 aliphatic rings. The van der Waals surface area contributed by atoms with Crippen LogP contribution in [0, 0.1) is 0 Å². The fourth-order valence-corrected chi connectivity index (χ4v) is 4.41. The van der Waals surface area contributed by atoms with Crippen LogP contribution in [0.3, 0.4) is 0 Å². The molecule has 7 nitrogen and oxygen atoms in total. The van der Waals surface area contributed by atoms with Crippen LogP contribution in [0.5, 0.6) is 11.5 Å². The molecule has 0 fully saturated rings. The molecule has 2 aromatic carbocycles. The second-order valence-corrected chi connectivity index (χ2v) is 8.17. The number of fused-ring (bicyclic) bond motifs is 1. The Morgan fingerprint density at radius 3 is 2.56 bits per heavy atom. The van der Waals surface area contributed by atoms with Crippen molar-refractivity contribution in [1.82, 2.24) is 14.5 Å². The number of aromatic nitrogens is 2. The second-order valence-electron chi connectivity index (χ2n) is 7.31. The first kappa shape index (κ1) is 21.6. The molecule has 4 rings (SSSR count). The summed E-state index contributed by atoms with van der Waals surface area (Å²) in [6.45, 7) is 0.395. The number of likely N-dealkylation sites (N-methyl/N-ethyl adjacent to an activating group) is 1. The first-order valence-corrected chi connectivity index (χ1v) is 10.9. The number of nitrogens with zero attached hydrogens (tertiary/aromatic N) is 3. The predicted octanol–water partition coefficient (Wildman–Crippen LogP) is 3.80. The van der Waals surface area contributed by atoms with Crippen molar-refractivity contribution in [3.63, 3.8) is 0 Å². The van der Waals surface area contributed by atoms with Gasteiger partial charge in [0.05, 0.1) is 25.9 Å². The van der Waals surface area contributed by atoms with Gasteiger partial charge in [0.2, 0.25) is 5.91 Å². The standard InChI is InChI=1S/C24H23N3O4S/c1-26(12-16-7-5-4-6-8-16)21(28)13-27-15-25-23-22(24(27)29)18(14-32-23)17-9-10-19(30-2)20(11-17)31-3/h4-11,14-15H,12-13H2,1-3H3. The minimum atomic E-state index is -0.248. The van der Waals surface area contributed by atoms with Crippen LogP contribution in [0.1, 0.15) is 5.56 Å². The van der Waals surface area contributed by atoms with Crippen LogP contribution in [-0.4, -0.2) is 41.6 Å². The van der Waals surface area contributed by atoms with Gasteiger partial charge in [-0.1, -0.05) is 36.4 Å². The molecule has 0 radical (unpaired) electrons. The van der Waals surface area contributed by atoms with Crippen LogP contribution in [0.2, 0.25) is 0 Å². The Morgan fingerprint density at radius 2 is 1.84 bits per heavy atom. The van der Waals surface area contributed by atoms with E-state index >= 15 is 0 Å². The maximum atomic E-state index is 13.3. The highest BCUT2D eigenvalue weighted by Gasteiger charge is 2.17. The summed E-state index contributed by atoms with van der Waals surface area (Å²) in [5.41, 5.74) is 2.35. The Hall–Kier alpha value is -3.65. The van der Waals surface area contributed by atoms with Gasteiger partial charge in [-0.15, -0.1) is 11.3 Å². The monoisotopic (exact) mass is 449 g/mol. The second kappa shape index (κ2) is 9.23. The smallest absolute Gasteiger partial charge is 0.263 e. The van der Waals surface area contributed by atoms with Crippen molar-refractivity contribution in [3.8, 4) is 22.6 Å². The van der Waals surface area contributed by atoms with Crippen molar-refractivity contribution in [2.75, 3.05) is 21.3 Å². The van der Waals surface area contributed by atoms with Crippen molar-refractivity contribution >= 4 is 27.5 Å². The number of methoxy groups -OCH3 is 2. The zero-order valence-electron chi connectivity index (χ0n) is 18.1. The van der Waals surface area contributed by atoms with E-state index in [4.69, 9.17) is 9.47 Å². The van der Waals surface area contributed by atoms with Gasteiger partial charge >= 0.3 is 0 Å². The molecular formula is C24H23N3O4S. The zero-order valence-corrected chi connectivity index (χ0v) is 18.9. The Balaban J connectivity index is 1.64. The zero-order chi connectivity index (χ0) is 22.7. The molecule has 4 aromatic rings. The average Bonchev–Trinajstić information content (AvgIpc) is 3.26. The van der Waals surface area contributed by atoms with E-state index in [9.17, 15) is 9.59 Å². The van der Waals surface area contributed by atoms with Gasteiger partial charge in [0, 0.05) is 24.5 Å². The Labute approximate surface area is 189 Å². The fourth-order valence-electron chi connectivity index (χ4n) is 3.51. The van der Waals surface area contributed by atoms with Crippen LogP contribution in [0.15, 0.2) is 65.0 Å². The van der Waals surface area contributed by atoms with Gasteiger partial charge in [-0.3, -0.25) is 14.2 Å². The van der Waals surface area contributed by atoms with Crippen molar-refractivity contribution in [2.45, 2.75) is 13.1 Å². The minimum Gasteiger partial charge on any atom is -0.493 e. The topological polar surface area (TPSA) is 73.7 Å². The van der Waals surface area contributed by atoms with Crippen LogP contribution in [0.25, 0.3) is 21.3 Å². The minimum absolute atomic E-state index is 0.0771. The molecular weight excluding hydrogens is 426 g/mol. The number of amides is 1. The molecule has 32 heavy (non-hydrogen) atoms. The molecule has 0 aliphatic carbocycles. The maximum absolute atomic E-state index is 13.3. The number of thiophene rings is 1. The van der Waals surface area contributed by atoms with Gasteiger partial charge in [-0.2, -0.15) is 0 Å². The summed E-state index contributed by atoms with van der Waals surface area (Å²) in [6, 6.07) is 15.2. The Bertz CT molecular complexity index is 1310. The summed E-state index contributed by atoms with van der Waals surface area (Å²) in [5.74, 6) is 1.02. The molecule has 2 aromatic heterocycles. The summed E-state index contributed by atoms with van der Waals surface area (Å²) in [5, 5.41) is 2.39. The highest BCUT2D eigenvalue weighted by atomic mass is 32.1. The third kappa shape index (κ3) is 4.22. The van der Waals surface area contributed by atoms with E-state index in [1.165, 1.54) is 22.2 Å². The number of carbonyl (C=O) groups is 1. The lowest BCUT2D eigenvalue weighted by molar-refractivity contribution is -0.131. The van der Waals surface area contributed by atoms with Crippen LogP contribution in [0.4, 0.5) is 0 Å². The number of hydrogen-bond acceptors (Lipinski definition) is 6. The third-order valence-corrected chi connectivity index (χ3v) is 6.14. The summed E-state index contributed by atoms with van der Waals surface area (Å²) >= 11 is 1.39. The van der Waals surface area contributed by atoms with Gasteiger partial charge in [-0.25, -0.2) is 4.98 Å². The van der Waals surface area contributed by atoms with E-state index < -0.39 is 0 Å². The van der Waals surface area contributed by atoms with Crippen molar-refractivity contribution in [1.29, 1.82) is 0 Å². The fraction of sp³-hybridized carbons (Fsp3) is 0.208. The number of ether oxygens (including phenoxy) is 2. The van der Waals surface area contributed by atoms with E-state index in [1.54, 1.807) is 32.2 Å². The molecule has 0 N–H and O–H groups in total. The third-order valence-electron chi connectivity index (χ3n) is 5.25. The number of hydrogen-bond donors (Lipinski definition) is 0. The first-order valence-electron chi connectivity index (χ1n) is 9.98. The molecule has 164 valence electrons. The van der Waals surface area contributed by atoms with Gasteiger partial charge in [0.15, 0.2) is 11.5 Å². The van der Waals surface area contributed by atoms with Crippen LogP contribution in [-0.2, 0) is 17.9 Å². The molecule has 0 bridgehead atoms. The number of rotatable bonds is 7.